The maximum atomic E-state index is 12.3. The summed E-state index contributed by atoms with van der Waals surface area (Å²) in [6.07, 6.45) is 3.13. The van der Waals surface area contributed by atoms with E-state index >= 15 is 0 Å². The summed E-state index contributed by atoms with van der Waals surface area (Å²) in [5, 5.41) is 2.74. The molecule has 0 aliphatic carbocycles. The fraction of sp³-hybridized carbons (Fsp3) is 0.0556. The van der Waals surface area contributed by atoms with Gasteiger partial charge in [0.25, 0.3) is 10.0 Å². The van der Waals surface area contributed by atoms with Crippen LogP contribution in [0.3, 0.4) is 0 Å². The van der Waals surface area contributed by atoms with Crippen LogP contribution in [0.1, 0.15) is 5.56 Å². The Morgan fingerprint density at radius 1 is 0.885 bits per heavy atom. The first-order chi connectivity index (χ1) is 12.5. The number of nitrogens with one attached hydrogen (secondary N) is 2. The van der Waals surface area contributed by atoms with Crippen LogP contribution in [0.4, 0.5) is 11.6 Å². The number of amides is 1. The van der Waals surface area contributed by atoms with Crippen LogP contribution < -0.4 is 10.0 Å². The predicted octanol–water partition coefficient (Wildman–Crippen LogP) is 2.46. The number of anilines is 2. The third-order valence-corrected chi connectivity index (χ3v) is 4.79. The van der Waals surface area contributed by atoms with Crippen LogP contribution in [0.5, 0.6) is 0 Å². The zero-order valence-electron chi connectivity index (χ0n) is 13.7. The maximum Gasteiger partial charge on any atom is 0.264 e. The minimum Gasteiger partial charge on any atom is -0.326 e. The molecule has 0 radical (unpaired) electrons. The summed E-state index contributed by atoms with van der Waals surface area (Å²) < 4.78 is 26.9. The summed E-state index contributed by atoms with van der Waals surface area (Å²) in [5.74, 6) is -0.185. The van der Waals surface area contributed by atoms with Crippen molar-refractivity contribution in [1.82, 2.24) is 9.97 Å². The fourth-order valence-electron chi connectivity index (χ4n) is 2.23. The quantitative estimate of drug-likeness (QED) is 0.696. The van der Waals surface area contributed by atoms with Crippen molar-refractivity contribution < 1.29 is 13.2 Å². The fourth-order valence-corrected chi connectivity index (χ4v) is 3.19. The third kappa shape index (κ3) is 4.64. The van der Waals surface area contributed by atoms with Gasteiger partial charge in [0.1, 0.15) is 0 Å². The van der Waals surface area contributed by atoms with Gasteiger partial charge >= 0.3 is 0 Å². The number of nitrogens with zero attached hydrogens (tertiary/aromatic N) is 2. The molecule has 0 atom stereocenters. The molecule has 8 heteroatoms. The van der Waals surface area contributed by atoms with Crippen molar-refractivity contribution in [3.63, 3.8) is 0 Å². The molecule has 1 aromatic heterocycles. The zero-order valence-corrected chi connectivity index (χ0v) is 14.5. The minimum atomic E-state index is -3.79. The highest BCUT2D eigenvalue weighted by atomic mass is 32.2. The van der Waals surface area contributed by atoms with E-state index in [2.05, 4.69) is 20.0 Å². The Morgan fingerprint density at radius 2 is 1.54 bits per heavy atom. The lowest BCUT2D eigenvalue weighted by molar-refractivity contribution is -0.115. The van der Waals surface area contributed by atoms with Gasteiger partial charge < -0.3 is 5.32 Å². The van der Waals surface area contributed by atoms with Crippen LogP contribution in [-0.2, 0) is 21.2 Å². The molecule has 3 rings (SSSR count). The van der Waals surface area contributed by atoms with E-state index in [1.807, 2.05) is 30.3 Å². The molecule has 0 unspecified atom stereocenters. The number of sulfonamides is 1. The van der Waals surface area contributed by atoms with E-state index in [9.17, 15) is 13.2 Å². The molecule has 26 heavy (non-hydrogen) atoms. The molecule has 0 aliphatic rings. The molecule has 0 saturated heterocycles. The van der Waals surface area contributed by atoms with Crippen molar-refractivity contribution in [3.8, 4) is 0 Å². The lowest BCUT2D eigenvalue weighted by Crippen LogP contribution is -2.16. The van der Waals surface area contributed by atoms with Crippen LogP contribution >= 0.6 is 0 Å². The van der Waals surface area contributed by atoms with Gasteiger partial charge in [-0.2, -0.15) is 0 Å². The number of rotatable bonds is 6. The molecular formula is C18H16N4O3S. The van der Waals surface area contributed by atoms with E-state index in [1.54, 1.807) is 6.07 Å². The summed E-state index contributed by atoms with van der Waals surface area (Å²) >= 11 is 0. The Bertz CT molecular complexity index is 976. The second kappa shape index (κ2) is 7.75. The van der Waals surface area contributed by atoms with Gasteiger partial charge in [-0.3, -0.25) is 4.79 Å². The number of benzene rings is 2. The van der Waals surface area contributed by atoms with Gasteiger partial charge in [-0.1, -0.05) is 30.3 Å². The number of hydrogen-bond donors (Lipinski definition) is 2. The average Bonchev–Trinajstić information content (AvgIpc) is 2.63. The second-order valence-electron chi connectivity index (χ2n) is 5.41. The number of carbonyl (C=O) groups excluding carboxylic acids is 1. The first-order valence-electron chi connectivity index (χ1n) is 7.77. The van der Waals surface area contributed by atoms with E-state index < -0.39 is 10.0 Å². The van der Waals surface area contributed by atoms with E-state index in [0.717, 1.165) is 5.56 Å². The summed E-state index contributed by atoms with van der Waals surface area (Å²) in [6.45, 7) is 0. The van der Waals surface area contributed by atoms with E-state index in [-0.39, 0.29) is 23.2 Å². The Morgan fingerprint density at radius 3 is 2.19 bits per heavy atom. The Labute approximate surface area is 151 Å². The van der Waals surface area contributed by atoms with Gasteiger partial charge in [-0.15, -0.1) is 0 Å². The predicted molar refractivity (Wildman–Crippen MR) is 98.1 cm³/mol. The van der Waals surface area contributed by atoms with Crippen LogP contribution in [0, 0.1) is 0 Å². The van der Waals surface area contributed by atoms with Crippen LogP contribution in [0.15, 0.2) is 78.0 Å². The molecule has 0 aliphatic heterocycles. The SMILES string of the molecule is O=C(Cc1ccccc1)Nc1ccc(S(=O)(=O)Nc2ncccn2)cc1. The molecule has 1 amide bonds. The Hall–Kier alpha value is -3.26. The molecule has 0 bridgehead atoms. The molecule has 2 N–H and O–H groups in total. The van der Waals surface area contributed by atoms with Crippen molar-refractivity contribution in [2.45, 2.75) is 11.3 Å². The van der Waals surface area contributed by atoms with Crippen molar-refractivity contribution in [2.75, 3.05) is 10.0 Å². The van der Waals surface area contributed by atoms with Gasteiger partial charge in [0.05, 0.1) is 11.3 Å². The van der Waals surface area contributed by atoms with E-state index in [1.165, 1.54) is 36.7 Å². The summed E-state index contributed by atoms with van der Waals surface area (Å²) in [7, 11) is -3.79. The standard InChI is InChI=1S/C18H16N4O3S/c23-17(13-14-5-2-1-3-6-14)21-15-7-9-16(10-8-15)26(24,25)22-18-19-11-4-12-20-18/h1-12H,13H2,(H,21,23)(H,19,20,22). The van der Waals surface area contributed by atoms with Crippen molar-refractivity contribution >= 4 is 27.6 Å². The second-order valence-corrected chi connectivity index (χ2v) is 7.10. The smallest absolute Gasteiger partial charge is 0.264 e. The normalized spacial score (nSPS) is 10.9. The zero-order chi connectivity index (χ0) is 18.4. The Kier molecular flexibility index (Phi) is 5.23. The first-order valence-corrected chi connectivity index (χ1v) is 9.25. The summed E-state index contributed by atoms with van der Waals surface area (Å²) in [5.41, 5.74) is 1.41. The lowest BCUT2D eigenvalue weighted by Gasteiger charge is -2.08. The molecule has 3 aromatic rings. The Balaban J connectivity index is 1.65. The highest BCUT2D eigenvalue weighted by Gasteiger charge is 2.15. The van der Waals surface area contributed by atoms with Crippen molar-refractivity contribution in [1.29, 1.82) is 0 Å². The van der Waals surface area contributed by atoms with Gasteiger partial charge in [0.15, 0.2) is 0 Å². The lowest BCUT2D eigenvalue weighted by atomic mass is 10.1. The topological polar surface area (TPSA) is 101 Å². The highest BCUT2D eigenvalue weighted by Crippen LogP contribution is 2.16. The van der Waals surface area contributed by atoms with Gasteiger partial charge in [0, 0.05) is 18.1 Å². The van der Waals surface area contributed by atoms with Crippen molar-refractivity contribution in [3.05, 3.63) is 78.6 Å². The van der Waals surface area contributed by atoms with E-state index in [4.69, 9.17) is 0 Å². The van der Waals surface area contributed by atoms with Crippen LogP contribution in [0.25, 0.3) is 0 Å². The average molecular weight is 368 g/mol. The van der Waals surface area contributed by atoms with Crippen LogP contribution in [0.2, 0.25) is 0 Å². The van der Waals surface area contributed by atoms with E-state index in [0.29, 0.717) is 5.69 Å². The number of carbonyl (C=O) groups is 1. The number of aromatic nitrogens is 2. The molecule has 0 saturated carbocycles. The van der Waals surface area contributed by atoms with Crippen molar-refractivity contribution in [2.24, 2.45) is 0 Å². The molecule has 132 valence electrons. The molecule has 0 fully saturated rings. The third-order valence-electron chi connectivity index (χ3n) is 3.45. The van der Waals surface area contributed by atoms with Gasteiger partial charge in [0.2, 0.25) is 11.9 Å². The molecule has 2 aromatic carbocycles. The summed E-state index contributed by atoms with van der Waals surface area (Å²) in [6, 6.07) is 16.8. The maximum absolute atomic E-state index is 12.3. The highest BCUT2D eigenvalue weighted by molar-refractivity contribution is 7.92. The minimum absolute atomic E-state index is 0.00672. The van der Waals surface area contributed by atoms with Gasteiger partial charge in [-0.05, 0) is 35.9 Å². The van der Waals surface area contributed by atoms with Crippen LogP contribution in [-0.4, -0.2) is 24.3 Å². The molecule has 7 nitrogen and oxygen atoms in total. The van der Waals surface area contributed by atoms with Gasteiger partial charge in [-0.25, -0.2) is 23.1 Å². The summed E-state index contributed by atoms with van der Waals surface area (Å²) in [4.78, 5) is 19.7. The monoisotopic (exact) mass is 368 g/mol. The molecule has 1 heterocycles. The molecule has 0 spiro atoms. The first kappa shape index (κ1) is 17.6. The molecular weight excluding hydrogens is 352 g/mol. The largest absolute Gasteiger partial charge is 0.326 e. The number of hydrogen-bond acceptors (Lipinski definition) is 5.